The summed E-state index contributed by atoms with van der Waals surface area (Å²) in [6.07, 6.45) is 0. The minimum atomic E-state index is 0.151. The van der Waals surface area contributed by atoms with Crippen LogP contribution in [0.1, 0.15) is 23.6 Å². The van der Waals surface area contributed by atoms with E-state index in [1.54, 1.807) is 11.8 Å². The molecule has 0 aliphatic carbocycles. The van der Waals surface area contributed by atoms with Gasteiger partial charge in [0.15, 0.2) is 0 Å². The zero-order chi connectivity index (χ0) is 20.2. The molecular weight excluding hydrogens is 404 g/mol. The SMILES string of the molecule is CC(SCC(=O)N1CCN(Cc2ccc(Cl)cc2)CC1)c1nc2ccccc2[nH]1. The van der Waals surface area contributed by atoms with Crippen molar-refractivity contribution in [2.45, 2.75) is 18.7 Å². The highest BCUT2D eigenvalue weighted by Gasteiger charge is 2.22. The van der Waals surface area contributed by atoms with Crippen LogP contribution in [0.4, 0.5) is 0 Å². The van der Waals surface area contributed by atoms with Gasteiger partial charge in [-0.2, -0.15) is 0 Å². The average molecular weight is 429 g/mol. The normalized spacial score (nSPS) is 16.3. The standard InChI is InChI=1S/C22H25ClN4OS/c1-16(22-24-19-4-2-3-5-20(19)25-22)29-15-21(28)27-12-10-26(11-13-27)14-17-6-8-18(23)9-7-17/h2-9,16H,10-15H2,1H3,(H,24,25). The third-order valence-electron chi connectivity index (χ3n) is 5.29. The van der Waals surface area contributed by atoms with E-state index in [4.69, 9.17) is 11.6 Å². The van der Waals surface area contributed by atoms with Crippen LogP contribution in [0.5, 0.6) is 0 Å². The highest BCUT2D eigenvalue weighted by Crippen LogP contribution is 2.28. The second-order valence-corrected chi connectivity index (χ2v) is 9.14. The van der Waals surface area contributed by atoms with Crippen LogP contribution in [-0.2, 0) is 11.3 Å². The monoisotopic (exact) mass is 428 g/mol. The van der Waals surface area contributed by atoms with Crippen LogP contribution in [0, 0.1) is 0 Å². The van der Waals surface area contributed by atoms with Crippen LogP contribution in [0.15, 0.2) is 48.5 Å². The highest BCUT2D eigenvalue weighted by atomic mass is 35.5. The van der Waals surface area contributed by atoms with Crippen LogP contribution < -0.4 is 0 Å². The summed E-state index contributed by atoms with van der Waals surface area (Å²) in [7, 11) is 0. The summed E-state index contributed by atoms with van der Waals surface area (Å²) in [6, 6.07) is 16.0. The molecule has 0 spiro atoms. The average Bonchev–Trinajstić information content (AvgIpc) is 3.18. The molecule has 1 saturated heterocycles. The Morgan fingerprint density at radius 1 is 1.14 bits per heavy atom. The number of thioether (sulfide) groups is 1. The number of piperazine rings is 1. The van der Waals surface area contributed by atoms with Crippen LogP contribution >= 0.6 is 23.4 Å². The molecule has 1 amide bonds. The first kappa shape index (κ1) is 20.3. The van der Waals surface area contributed by atoms with Gasteiger partial charge in [0.25, 0.3) is 0 Å². The van der Waals surface area contributed by atoms with Crippen molar-refractivity contribution >= 4 is 40.3 Å². The Morgan fingerprint density at radius 2 is 1.86 bits per heavy atom. The summed E-state index contributed by atoms with van der Waals surface area (Å²) in [5.41, 5.74) is 3.26. The van der Waals surface area contributed by atoms with Crippen molar-refractivity contribution in [2.24, 2.45) is 0 Å². The van der Waals surface area contributed by atoms with E-state index in [-0.39, 0.29) is 11.2 Å². The molecule has 1 unspecified atom stereocenters. The van der Waals surface area contributed by atoms with E-state index in [0.717, 1.165) is 54.6 Å². The van der Waals surface area contributed by atoms with Crippen LogP contribution in [-0.4, -0.2) is 57.6 Å². The summed E-state index contributed by atoms with van der Waals surface area (Å²) in [5, 5.41) is 0.913. The van der Waals surface area contributed by atoms with Crippen molar-refractivity contribution in [1.29, 1.82) is 0 Å². The van der Waals surface area contributed by atoms with Gasteiger partial charge in [0.05, 0.1) is 22.0 Å². The number of carbonyl (C=O) groups is 1. The van der Waals surface area contributed by atoms with Crippen LogP contribution in [0.3, 0.4) is 0 Å². The summed E-state index contributed by atoms with van der Waals surface area (Å²) in [5.74, 6) is 1.62. The summed E-state index contributed by atoms with van der Waals surface area (Å²) in [6.45, 7) is 6.37. The molecule has 1 aromatic heterocycles. The Labute approximate surface area is 180 Å². The van der Waals surface area contributed by atoms with Crippen molar-refractivity contribution in [3.63, 3.8) is 0 Å². The number of hydrogen-bond acceptors (Lipinski definition) is 4. The molecule has 4 rings (SSSR count). The lowest BCUT2D eigenvalue weighted by atomic mass is 10.2. The molecule has 1 aliphatic heterocycles. The summed E-state index contributed by atoms with van der Waals surface area (Å²) >= 11 is 7.59. The van der Waals surface area contributed by atoms with Gasteiger partial charge in [-0.05, 0) is 36.8 Å². The number of nitrogens with one attached hydrogen (secondary N) is 1. The Bertz CT molecular complexity index is 933. The topological polar surface area (TPSA) is 52.2 Å². The fourth-order valence-electron chi connectivity index (χ4n) is 3.53. The Hall–Kier alpha value is -2.02. The van der Waals surface area contributed by atoms with Gasteiger partial charge >= 0.3 is 0 Å². The van der Waals surface area contributed by atoms with E-state index in [9.17, 15) is 4.79 Å². The van der Waals surface area contributed by atoms with Crippen molar-refractivity contribution in [2.75, 3.05) is 31.9 Å². The van der Waals surface area contributed by atoms with Gasteiger partial charge < -0.3 is 9.88 Å². The molecule has 1 atom stereocenters. The molecule has 0 saturated carbocycles. The number of halogens is 1. The first-order chi connectivity index (χ1) is 14.1. The second-order valence-electron chi connectivity index (χ2n) is 7.38. The molecule has 1 fully saturated rings. The molecule has 1 aliphatic rings. The Kier molecular flexibility index (Phi) is 6.43. The summed E-state index contributed by atoms with van der Waals surface area (Å²) in [4.78, 5) is 25.0. The second kappa shape index (κ2) is 9.20. The van der Waals surface area contributed by atoms with Crippen molar-refractivity contribution in [3.8, 4) is 0 Å². The first-order valence-corrected chi connectivity index (χ1v) is 11.3. The number of H-pyrrole nitrogens is 1. The minimum absolute atomic E-state index is 0.151. The number of carbonyl (C=O) groups excluding carboxylic acids is 1. The lowest BCUT2D eigenvalue weighted by Gasteiger charge is -2.34. The number of nitrogens with zero attached hydrogens (tertiary/aromatic N) is 3. The zero-order valence-corrected chi connectivity index (χ0v) is 18.0. The number of fused-ring (bicyclic) bond motifs is 1. The fourth-order valence-corrected chi connectivity index (χ4v) is 4.51. The van der Waals surface area contributed by atoms with Gasteiger partial charge in [-0.1, -0.05) is 35.9 Å². The number of imidazole rings is 1. The predicted molar refractivity (Wildman–Crippen MR) is 120 cm³/mol. The van der Waals surface area contributed by atoms with E-state index >= 15 is 0 Å². The van der Waals surface area contributed by atoms with Gasteiger partial charge in [-0.25, -0.2) is 4.98 Å². The zero-order valence-electron chi connectivity index (χ0n) is 16.5. The Balaban J connectivity index is 1.23. The molecule has 2 aromatic carbocycles. The highest BCUT2D eigenvalue weighted by molar-refractivity contribution is 8.00. The lowest BCUT2D eigenvalue weighted by Crippen LogP contribution is -2.48. The molecule has 0 bridgehead atoms. The fraction of sp³-hybridized carbons (Fsp3) is 0.364. The van der Waals surface area contributed by atoms with Crippen molar-refractivity contribution in [3.05, 3.63) is 64.9 Å². The molecule has 29 heavy (non-hydrogen) atoms. The lowest BCUT2D eigenvalue weighted by molar-refractivity contribution is -0.130. The largest absolute Gasteiger partial charge is 0.341 e. The number of benzene rings is 2. The third-order valence-corrected chi connectivity index (χ3v) is 6.68. The van der Waals surface area contributed by atoms with Crippen LogP contribution in [0.2, 0.25) is 5.02 Å². The van der Waals surface area contributed by atoms with Gasteiger partial charge in [0, 0.05) is 37.7 Å². The molecule has 5 nitrogen and oxygen atoms in total. The van der Waals surface area contributed by atoms with E-state index < -0.39 is 0 Å². The maximum absolute atomic E-state index is 12.6. The number of amides is 1. The molecule has 152 valence electrons. The van der Waals surface area contributed by atoms with Gasteiger partial charge in [0.1, 0.15) is 5.82 Å². The molecule has 7 heteroatoms. The maximum atomic E-state index is 12.6. The molecule has 2 heterocycles. The van der Waals surface area contributed by atoms with E-state index in [1.165, 1.54) is 5.56 Å². The molecule has 1 N–H and O–H groups in total. The van der Waals surface area contributed by atoms with Crippen molar-refractivity contribution < 1.29 is 4.79 Å². The van der Waals surface area contributed by atoms with E-state index in [0.29, 0.717) is 5.75 Å². The number of aromatic amines is 1. The van der Waals surface area contributed by atoms with Gasteiger partial charge in [0.2, 0.25) is 5.91 Å². The number of para-hydroxylation sites is 2. The predicted octanol–water partition coefficient (Wildman–Crippen LogP) is 4.35. The van der Waals surface area contributed by atoms with Crippen LogP contribution in [0.25, 0.3) is 11.0 Å². The van der Waals surface area contributed by atoms with Crippen molar-refractivity contribution in [1.82, 2.24) is 19.8 Å². The number of rotatable bonds is 6. The Morgan fingerprint density at radius 3 is 2.59 bits per heavy atom. The first-order valence-electron chi connectivity index (χ1n) is 9.89. The van der Waals surface area contributed by atoms with Gasteiger partial charge in [-0.3, -0.25) is 9.69 Å². The number of aromatic nitrogens is 2. The summed E-state index contributed by atoms with van der Waals surface area (Å²) < 4.78 is 0. The van der Waals surface area contributed by atoms with E-state index in [2.05, 4.69) is 33.9 Å². The molecule has 3 aromatic rings. The number of hydrogen-bond donors (Lipinski definition) is 1. The minimum Gasteiger partial charge on any atom is -0.341 e. The van der Waals surface area contributed by atoms with Gasteiger partial charge in [-0.15, -0.1) is 11.8 Å². The van der Waals surface area contributed by atoms with E-state index in [1.807, 2.05) is 41.3 Å². The quantitative estimate of drug-likeness (QED) is 0.634. The molecular formula is C22H25ClN4OS. The molecule has 0 radical (unpaired) electrons. The maximum Gasteiger partial charge on any atom is 0.232 e. The third kappa shape index (κ3) is 5.13. The smallest absolute Gasteiger partial charge is 0.232 e.